The topological polar surface area (TPSA) is 29.5 Å². The molecule has 2 heterocycles. The van der Waals surface area contributed by atoms with Gasteiger partial charge in [0.2, 0.25) is 0 Å². The van der Waals surface area contributed by atoms with Crippen molar-refractivity contribution < 1.29 is 8.83 Å². The Labute approximate surface area is 318 Å². The predicted molar refractivity (Wildman–Crippen MR) is 226 cm³/mol. The first-order valence-corrected chi connectivity index (χ1v) is 19.3. The van der Waals surface area contributed by atoms with Gasteiger partial charge in [-0.25, -0.2) is 0 Å². The maximum absolute atomic E-state index is 6.41. The standard InChI is InChI=1S/C52H35NO2/c1-2-12-37-33(10-1)24-28-44-50-40(37)15-8-16-41(50)42-17-9-19-46(51(42)44)53(36-27-29-49-45(31-36)39-14-4-5-20-47(39)54-49)35-25-22-32(23-26-35)30-34-11-7-18-43-38-13-3-6-21-48(38)55-52(34)43/h1-23,25-27,29,31,44H,24,28,30H2. The van der Waals surface area contributed by atoms with Gasteiger partial charge in [0.15, 0.2) is 0 Å². The zero-order valence-electron chi connectivity index (χ0n) is 30.1. The molecule has 0 saturated heterocycles. The third kappa shape index (κ3) is 4.63. The number of aryl methyl sites for hydroxylation is 1. The van der Waals surface area contributed by atoms with Crippen molar-refractivity contribution in [3.8, 4) is 22.3 Å². The van der Waals surface area contributed by atoms with E-state index in [0.29, 0.717) is 0 Å². The van der Waals surface area contributed by atoms with E-state index in [-0.39, 0.29) is 5.92 Å². The molecule has 0 fully saturated rings. The Morgan fingerprint density at radius 3 is 1.95 bits per heavy atom. The second kappa shape index (κ2) is 11.8. The summed E-state index contributed by atoms with van der Waals surface area (Å²) in [7, 11) is 0. The van der Waals surface area contributed by atoms with Crippen LogP contribution in [0.2, 0.25) is 0 Å². The van der Waals surface area contributed by atoms with Crippen molar-refractivity contribution in [1.82, 2.24) is 0 Å². The molecule has 0 bridgehead atoms. The van der Waals surface area contributed by atoms with Crippen LogP contribution in [-0.2, 0) is 12.8 Å². The van der Waals surface area contributed by atoms with Gasteiger partial charge < -0.3 is 13.7 Å². The SMILES string of the molecule is c1ccc2c(c1)CCC1c3c-2cccc3-c2cccc(N(c3ccc(Cc4cccc5c4oc4ccccc45)cc3)c3ccc4oc5ccccc5c4c3)c21. The van der Waals surface area contributed by atoms with Crippen molar-refractivity contribution in [1.29, 1.82) is 0 Å². The van der Waals surface area contributed by atoms with Crippen LogP contribution in [0.25, 0.3) is 66.1 Å². The second-order valence-electron chi connectivity index (χ2n) is 15.1. The van der Waals surface area contributed by atoms with E-state index in [4.69, 9.17) is 8.83 Å². The highest BCUT2D eigenvalue weighted by Crippen LogP contribution is 2.57. The molecule has 0 amide bonds. The Balaban J connectivity index is 1.01. The third-order valence-electron chi connectivity index (χ3n) is 12.1. The molecule has 55 heavy (non-hydrogen) atoms. The van der Waals surface area contributed by atoms with Crippen LogP contribution in [0.1, 0.15) is 40.2 Å². The summed E-state index contributed by atoms with van der Waals surface area (Å²) < 4.78 is 12.7. The van der Waals surface area contributed by atoms with Crippen molar-refractivity contribution in [2.24, 2.45) is 0 Å². The molecule has 0 radical (unpaired) electrons. The van der Waals surface area contributed by atoms with Gasteiger partial charge in [-0.05, 0) is 111 Å². The minimum absolute atomic E-state index is 0.286. The van der Waals surface area contributed by atoms with E-state index in [1.165, 1.54) is 61.1 Å². The fourth-order valence-electron chi connectivity index (χ4n) is 9.70. The molecule has 12 rings (SSSR count). The summed E-state index contributed by atoms with van der Waals surface area (Å²) in [5, 5.41) is 4.58. The number of para-hydroxylation sites is 3. The van der Waals surface area contributed by atoms with Crippen LogP contribution in [0.4, 0.5) is 17.1 Å². The molecule has 1 atom stereocenters. The van der Waals surface area contributed by atoms with E-state index >= 15 is 0 Å². The number of anilines is 3. The molecular weight excluding hydrogens is 671 g/mol. The number of benzene rings is 8. The molecule has 2 aromatic heterocycles. The molecular formula is C52H35NO2. The quantitative estimate of drug-likeness (QED) is 0.179. The van der Waals surface area contributed by atoms with Gasteiger partial charge in [-0.2, -0.15) is 0 Å². The monoisotopic (exact) mass is 705 g/mol. The molecule has 0 N–H and O–H groups in total. The maximum atomic E-state index is 6.41. The van der Waals surface area contributed by atoms with Crippen LogP contribution in [-0.4, -0.2) is 0 Å². The molecule has 2 aliphatic carbocycles. The number of nitrogens with zero attached hydrogens (tertiary/aromatic N) is 1. The van der Waals surface area contributed by atoms with Crippen molar-refractivity contribution >= 4 is 60.9 Å². The first-order chi connectivity index (χ1) is 27.3. The fourth-order valence-corrected chi connectivity index (χ4v) is 9.70. The van der Waals surface area contributed by atoms with Gasteiger partial charge in [-0.1, -0.05) is 121 Å². The summed E-state index contributed by atoms with van der Waals surface area (Å²) in [5.74, 6) is 0.286. The minimum Gasteiger partial charge on any atom is -0.456 e. The van der Waals surface area contributed by atoms with Crippen LogP contribution in [0.3, 0.4) is 0 Å². The Hall–Kier alpha value is -6.84. The lowest BCUT2D eigenvalue weighted by Crippen LogP contribution is -2.13. The highest BCUT2D eigenvalue weighted by atomic mass is 16.3. The molecule has 1 unspecified atom stereocenters. The van der Waals surface area contributed by atoms with E-state index in [9.17, 15) is 0 Å². The first kappa shape index (κ1) is 30.6. The number of hydrogen-bond donors (Lipinski definition) is 0. The first-order valence-electron chi connectivity index (χ1n) is 19.3. The zero-order valence-corrected chi connectivity index (χ0v) is 30.1. The van der Waals surface area contributed by atoms with Gasteiger partial charge in [-0.3, -0.25) is 0 Å². The van der Waals surface area contributed by atoms with E-state index in [0.717, 1.165) is 69.1 Å². The largest absolute Gasteiger partial charge is 0.456 e. The van der Waals surface area contributed by atoms with Gasteiger partial charge in [-0.15, -0.1) is 0 Å². The summed E-state index contributed by atoms with van der Waals surface area (Å²) in [6.07, 6.45) is 2.89. The number of rotatable bonds is 5. The Bertz CT molecular complexity index is 3140. The Morgan fingerprint density at radius 2 is 1.09 bits per heavy atom. The van der Waals surface area contributed by atoms with Crippen molar-refractivity contribution in [2.45, 2.75) is 25.2 Å². The summed E-state index contributed by atoms with van der Waals surface area (Å²) in [5.41, 5.74) is 19.4. The van der Waals surface area contributed by atoms with Crippen LogP contribution in [0, 0.1) is 0 Å². The lowest BCUT2D eigenvalue weighted by molar-refractivity contribution is 0.664. The van der Waals surface area contributed by atoms with Gasteiger partial charge in [0.1, 0.15) is 22.3 Å². The van der Waals surface area contributed by atoms with Gasteiger partial charge >= 0.3 is 0 Å². The fraction of sp³-hybridized carbons (Fsp3) is 0.0769. The highest BCUT2D eigenvalue weighted by Gasteiger charge is 2.36. The number of fused-ring (bicyclic) bond motifs is 11. The van der Waals surface area contributed by atoms with Crippen LogP contribution >= 0.6 is 0 Å². The molecule has 8 aromatic carbocycles. The van der Waals surface area contributed by atoms with E-state index in [2.05, 4.69) is 163 Å². The summed E-state index contributed by atoms with van der Waals surface area (Å²) in [4.78, 5) is 2.48. The van der Waals surface area contributed by atoms with E-state index < -0.39 is 0 Å². The normalized spacial score (nSPS) is 14.3. The van der Waals surface area contributed by atoms with E-state index in [1.807, 2.05) is 12.1 Å². The number of furan rings is 2. The lowest BCUT2D eigenvalue weighted by Gasteiger charge is -2.29. The maximum Gasteiger partial charge on any atom is 0.138 e. The molecule has 2 aliphatic rings. The summed E-state index contributed by atoms with van der Waals surface area (Å²) in [6, 6.07) is 61.8. The van der Waals surface area contributed by atoms with Crippen molar-refractivity contribution in [3.63, 3.8) is 0 Å². The zero-order chi connectivity index (χ0) is 36.0. The molecule has 10 aromatic rings. The van der Waals surface area contributed by atoms with Crippen molar-refractivity contribution in [3.05, 3.63) is 198 Å². The molecule has 0 aliphatic heterocycles. The van der Waals surface area contributed by atoms with Gasteiger partial charge in [0, 0.05) is 45.3 Å². The number of hydrogen-bond acceptors (Lipinski definition) is 3. The minimum atomic E-state index is 0.286. The summed E-state index contributed by atoms with van der Waals surface area (Å²) in [6.45, 7) is 0. The summed E-state index contributed by atoms with van der Waals surface area (Å²) >= 11 is 0. The van der Waals surface area contributed by atoms with E-state index in [1.54, 1.807) is 0 Å². The Kier molecular flexibility index (Phi) is 6.58. The predicted octanol–water partition coefficient (Wildman–Crippen LogP) is 14.3. The molecule has 3 heteroatoms. The lowest BCUT2D eigenvalue weighted by atomic mass is 9.89. The molecule has 0 spiro atoms. The van der Waals surface area contributed by atoms with Gasteiger partial charge in [0.25, 0.3) is 0 Å². The Morgan fingerprint density at radius 1 is 0.473 bits per heavy atom. The molecule has 3 nitrogen and oxygen atoms in total. The molecule has 260 valence electrons. The van der Waals surface area contributed by atoms with Crippen LogP contribution < -0.4 is 4.90 Å². The average Bonchev–Trinajstić information content (AvgIpc) is 3.87. The van der Waals surface area contributed by atoms with Crippen LogP contribution in [0.5, 0.6) is 0 Å². The molecule has 0 saturated carbocycles. The highest BCUT2D eigenvalue weighted by molar-refractivity contribution is 6.07. The average molecular weight is 706 g/mol. The van der Waals surface area contributed by atoms with Crippen LogP contribution in [0.15, 0.2) is 179 Å². The van der Waals surface area contributed by atoms with Crippen molar-refractivity contribution in [2.75, 3.05) is 4.90 Å². The second-order valence-corrected chi connectivity index (χ2v) is 15.1. The van der Waals surface area contributed by atoms with Gasteiger partial charge in [0.05, 0.1) is 5.69 Å². The third-order valence-corrected chi connectivity index (χ3v) is 12.1. The smallest absolute Gasteiger partial charge is 0.138 e.